The van der Waals surface area contributed by atoms with Crippen LogP contribution in [0.3, 0.4) is 0 Å². The van der Waals surface area contributed by atoms with Gasteiger partial charge in [0.05, 0.1) is 24.1 Å². The summed E-state index contributed by atoms with van der Waals surface area (Å²) in [6.45, 7) is 3.25. The number of aromatic nitrogens is 3. The number of likely N-dealkylation sites (tertiary alicyclic amines) is 1. The molecule has 32 heavy (non-hydrogen) atoms. The minimum absolute atomic E-state index is 0.0345. The van der Waals surface area contributed by atoms with E-state index >= 15 is 0 Å². The van der Waals surface area contributed by atoms with Gasteiger partial charge in [0.1, 0.15) is 5.75 Å². The molecule has 0 bridgehead atoms. The third kappa shape index (κ3) is 4.30. The van der Waals surface area contributed by atoms with Gasteiger partial charge in [0.25, 0.3) is 5.91 Å². The van der Waals surface area contributed by atoms with Crippen molar-refractivity contribution in [3.63, 3.8) is 0 Å². The highest BCUT2D eigenvalue weighted by molar-refractivity contribution is 5.94. The zero-order chi connectivity index (χ0) is 22.1. The van der Waals surface area contributed by atoms with Crippen molar-refractivity contribution >= 4 is 11.9 Å². The molecule has 2 aliphatic rings. The van der Waals surface area contributed by atoms with Crippen LogP contribution in [-0.4, -0.2) is 52.2 Å². The van der Waals surface area contributed by atoms with Gasteiger partial charge in [0.15, 0.2) is 5.76 Å². The number of rotatable bonds is 6. The van der Waals surface area contributed by atoms with Gasteiger partial charge in [-0.25, -0.2) is 9.97 Å². The van der Waals surface area contributed by atoms with Gasteiger partial charge in [-0.15, -0.1) is 0 Å². The van der Waals surface area contributed by atoms with E-state index in [2.05, 4.69) is 15.5 Å². The number of carbonyl (C=O) groups is 1. The first-order valence-electron chi connectivity index (χ1n) is 11.1. The van der Waals surface area contributed by atoms with Crippen molar-refractivity contribution < 1.29 is 14.1 Å². The molecule has 3 aromatic rings. The fraction of sp³-hybridized carbons (Fsp3) is 0.417. The van der Waals surface area contributed by atoms with E-state index in [0.717, 1.165) is 42.6 Å². The van der Waals surface area contributed by atoms with Gasteiger partial charge in [-0.3, -0.25) is 4.79 Å². The van der Waals surface area contributed by atoms with Gasteiger partial charge in [0.2, 0.25) is 5.95 Å². The molecule has 8 nitrogen and oxygen atoms in total. The third-order valence-corrected chi connectivity index (χ3v) is 6.11. The summed E-state index contributed by atoms with van der Waals surface area (Å²) in [6, 6.07) is 9.71. The largest absolute Gasteiger partial charge is 0.497 e. The topological polar surface area (TPSA) is 93.4 Å². The molecule has 3 heterocycles. The summed E-state index contributed by atoms with van der Waals surface area (Å²) in [5.74, 6) is 2.29. The Hall–Kier alpha value is -3.42. The Morgan fingerprint density at radius 2 is 2.00 bits per heavy atom. The Morgan fingerprint density at radius 3 is 2.69 bits per heavy atom. The Bertz CT molecular complexity index is 1120. The van der Waals surface area contributed by atoms with Crippen LogP contribution in [0.15, 0.2) is 41.1 Å². The lowest BCUT2D eigenvalue weighted by molar-refractivity contribution is 0.0712. The van der Waals surface area contributed by atoms with Crippen LogP contribution < -0.4 is 10.1 Å². The van der Waals surface area contributed by atoms with Gasteiger partial charge in [-0.1, -0.05) is 11.2 Å². The van der Waals surface area contributed by atoms with Gasteiger partial charge in [0, 0.05) is 42.9 Å². The zero-order valence-electron chi connectivity index (χ0n) is 18.4. The highest BCUT2D eigenvalue weighted by Crippen LogP contribution is 2.35. The van der Waals surface area contributed by atoms with Crippen molar-refractivity contribution in [2.45, 2.75) is 44.6 Å². The Kier molecular flexibility index (Phi) is 5.51. The van der Waals surface area contributed by atoms with Crippen LogP contribution in [0.25, 0.3) is 11.3 Å². The maximum Gasteiger partial charge on any atom is 0.253 e. The summed E-state index contributed by atoms with van der Waals surface area (Å²) >= 11 is 0. The number of nitrogens with one attached hydrogen (secondary N) is 1. The van der Waals surface area contributed by atoms with Crippen LogP contribution in [0, 0.1) is 6.92 Å². The quantitative estimate of drug-likeness (QED) is 0.627. The number of amides is 1. The molecule has 2 fully saturated rings. The molecule has 2 aromatic heterocycles. The monoisotopic (exact) mass is 433 g/mol. The number of piperidine rings is 1. The van der Waals surface area contributed by atoms with Gasteiger partial charge in [-0.2, -0.15) is 0 Å². The maximum atomic E-state index is 13.0. The Morgan fingerprint density at radius 1 is 1.19 bits per heavy atom. The smallest absolute Gasteiger partial charge is 0.253 e. The van der Waals surface area contributed by atoms with Crippen LogP contribution in [-0.2, 0) is 0 Å². The average molecular weight is 434 g/mol. The number of methoxy groups -OCH3 is 1. The second-order valence-corrected chi connectivity index (χ2v) is 8.54. The molecule has 1 aromatic carbocycles. The van der Waals surface area contributed by atoms with Gasteiger partial charge < -0.3 is 19.5 Å². The van der Waals surface area contributed by atoms with E-state index < -0.39 is 0 Å². The van der Waals surface area contributed by atoms with Gasteiger partial charge in [-0.05, 0) is 50.8 Å². The lowest BCUT2D eigenvalue weighted by Gasteiger charge is -2.32. The molecule has 0 atom stereocenters. The molecule has 166 valence electrons. The van der Waals surface area contributed by atoms with Crippen molar-refractivity contribution in [3.8, 4) is 17.1 Å². The number of hydrogen-bond acceptors (Lipinski definition) is 7. The summed E-state index contributed by atoms with van der Waals surface area (Å²) in [7, 11) is 1.61. The summed E-state index contributed by atoms with van der Waals surface area (Å²) in [5, 5.41) is 7.43. The van der Waals surface area contributed by atoms with E-state index in [1.54, 1.807) is 13.2 Å². The van der Waals surface area contributed by atoms with Crippen molar-refractivity contribution in [3.05, 3.63) is 53.5 Å². The average Bonchev–Trinajstić information content (AvgIpc) is 3.55. The van der Waals surface area contributed by atoms with Crippen LogP contribution in [0.2, 0.25) is 0 Å². The van der Waals surface area contributed by atoms with E-state index in [-0.39, 0.29) is 11.8 Å². The SMILES string of the molecule is COc1cccc(C(=O)N2CCC(c3nc(NC4CC4)ncc3-c3cc(C)no3)CC2)c1. The molecule has 1 amide bonds. The summed E-state index contributed by atoms with van der Waals surface area (Å²) in [6.07, 6.45) is 5.81. The maximum absolute atomic E-state index is 13.0. The molecule has 0 radical (unpaired) electrons. The normalized spacial score (nSPS) is 16.8. The molecular formula is C24H27N5O3. The third-order valence-electron chi connectivity index (χ3n) is 6.11. The molecule has 1 N–H and O–H groups in total. The number of anilines is 1. The highest BCUT2D eigenvalue weighted by atomic mass is 16.5. The molecular weight excluding hydrogens is 406 g/mol. The summed E-state index contributed by atoms with van der Waals surface area (Å²) in [4.78, 5) is 24.3. The lowest BCUT2D eigenvalue weighted by Crippen LogP contribution is -2.38. The Balaban J connectivity index is 1.35. The van der Waals surface area contributed by atoms with Crippen molar-refractivity contribution in [2.24, 2.45) is 0 Å². The van der Waals surface area contributed by atoms with Crippen LogP contribution in [0.1, 0.15) is 53.3 Å². The van der Waals surface area contributed by atoms with E-state index in [4.69, 9.17) is 14.2 Å². The fourth-order valence-corrected chi connectivity index (χ4v) is 4.16. The van der Waals surface area contributed by atoms with Crippen molar-refractivity contribution in [1.29, 1.82) is 0 Å². The number of nitrogens with zero attached hydrogens (tertiary/aromatic N) is 4. The molecule has 1 saturated carbocycles. The van der Waals surface area contributed by atoms with Crippen LogP contribution in [0.5, 0.6) is 5.75 Å². The van der Waals surface area contributed by atoms with Crippen molar-refractivity contribution in [1.82, 2.24) is 20.0 Å². The molecule has 1 saturated heterocycles. The molecule has 0 spiro atoms. The predicted octanol–water partition coefficient (Wildman–Crippen LogP) is 4.04. The first-order chi connectivity index (χ1) is 15.6. The van der Waals surface area contributed by atoms with E-state index in [1.165, 1.54) is 0 Å². The number of ether oxygens (including phenoxy) is 1. The number of carbonyl (C=O) groups excluding carboxylic acids is 1. The second kappa shape index (κ2) is 8.61. The molecule has 0 unspecified atom stereocenters. The van der Waals surface area contributed by atoms with E-state index in [1.807, 2.05) is 42.3 Å². The van der Waals surface area contributed by atoms with Crippen LogP contribution in [0.4, 0.5) is 5.95 Å². The standard InChI is InChI=1S/C24H27N5O3/c1-15-12-21(32-28-15)20-14-25-24(26-18-6-7-18)27-22(20)16-8-10-29(11-9-16)23(30)17-4-3-5-19(13-17)31-2/h3-5,12-14,16,18H,6-11H2,1-2H3,(H,25,26,27). The first-order valence-corrected chi connectivity index (χ1v) is 11.1. The molecule has 8 heteroatoms. The van der Waals surface area contributed by atoms with E-state index in [0.29, 0.717) is 42.2 Å². The van der Waals surface area contributed by atoms with E-state index in [9.17, 15) is 4.79 Å². The summed E-state index contributed by atoms with van der Waals surface area (Å²) < 4.78 is 10.8. The number of hydrogen-bond donors (Lipinski definition) is 1. The minimum Gasteiger partial charge on any atom is -0.497 e. The van der Waals surface area contributed by atoms with Crippen LogP contribution >= 0.6 is 0 Å². The first kappa shape index (κ1) is 20.5. The number of aryl methyl sites for hydroxylation is 1. The summed E-state index contributed by atoms with van der Waals surface area (Å²) in [5.41, 5.74) is 3.32. The predicted molar refractivity (Wildman–Crippen MR) is 120 cm³/mol. The zero-order valence-corrected chi connectivity index (χ0v) is 18.4. The van der Waals surface area contributed by atoms with Crippen molar-refractivity contribution in [2.75, 3.05) is 25.5 Å². The molecule has 1 aliphatic carbocycles. The number of benzene rings is 1. The molecule has 5 rings (SSSR count). The Labute approximate surface area is 187 Å². The molecule has 1 aliphatic heterocycles. The highest BCUT2D eigenvalue weighted by Gasteiger charge is 2.29. The van der Waals surface area contributed by atoms with Gasteiger partial charge >= 0.3 is 0 Å². The second-order valence-electron chi connectivity index (χ2n) is 8.54. The fourth-order valence-electron chi connectivity index (χ4n) is 4.16. The minimum atomic E-state index is 0.0345. The lowest BCUT2D eigenvalue weighted by atomic mass is 9.90.